The molecule has 1 aromatic carbocycles. The molecule has 0 saturated heterocycles. The van der Waals surface area contributed by atoms with Crippen LogP contribution in [0, 0.1) is 0 Å². The molecule has 5 nitrogen and oxygen atoms in total. The second-order valence-corrected chi connectivity index (χ2v) is 5.89. The van der Waals surface area contributed by atoms with Gasteiger partial charge in [0.2, 0.25) is 0 Å². The van der Waals surface area contributed by atoms with Crippen LogP contribution in [0.3, 0.4) is 0 Å². The van der Waals surface area contributed by atoms with Gasteiger partial charge in [-0.05, 0) is 54.4 Å². The van der Waals surface area contributed by atoms with Crippen molar-refractivity contribution in [3.05, 3.63) is 83.0 Å². The zero-order valence-electron chi connectivity index (χ0n) is 13.6. The molecular weight excluding hydrogens is 340 g/mol. The lowest BCUT2D eigenvalue weighted by atomic mass is 10.1. The Morgan fingerprint density at radius 1 is 1.24 bits per heavy atom. The molecule has 2 aromatic heterocycles. The lowest BCUT2D eigenvalue weighted by Crippen LogP contribution is -2.26. The molecule has 3 rings (SSSR count). The van der Waals surface area contributed by atoms with Crippen LogP contribution in [0.15, 0.2) is 65.3 Å². The van der Waals surface area contributed by atoms with Gasteiger partial charge in [0, 0.05) is 18.0 Å². The van der Waals surface area contributed by atoms with Gasteiger partial charge in [0.1, 0.15) is 12.4 Å². The molecule has 0 fully saturated rings. The molecule has 1 unspecified atom stereocenters. The molecule has 3 aromatic rings. The van der Waals surface area contributed by atoms with Gasteiger partial charge >= 0.3 is 0 Å². The number of pyridine rings is 1. The number of hydrogen-bond donors (Lipinski definition) is 1. The van der Waals surface area contributed by atoms with Gasteiger partial charge in [0.15, 0.2) is 11.0 Å². The molecule has 0 radical (unpaired) electrons. The maximum Gasteiger partial charge on any atom is 0.287 e. The van der Waals surface area contributed by atoms with Crippen LogP contribution in [0.4, 0.5) is 0 Å². The van der Waals surface area contributed by atoms with Crippen molar-refractivity contribution < 1.29 is 13.9 Å². The third kappa shape index (κ3) is 4.61. The molecule has 2 heterocycles. The first-order chi connectivity index (χ1) is 12.1. The number of nitrogens with zero attached hydrogens (tertiary/aromatic N) is 1. The lowest BCUT2D eigenvalue weighted by Gasteiger charge is -2.14. The summed E-state index contributed by atoms with van der Waals surface area (Å²) < 4.78 is 10.8. The van der Waals surface area contributed by atoms with Crippen LogP contribution in [0.5, 0.6) is 5.75 Å². The fraction of sp³-hybridized carbons (Fsp3) is 0.158. The highest BCUT2D eigenvalue weighted by Crippen LogP contribution is 2.20. The predicted molar refractivity (Wildman–Crippen MR) is 94.6 cm³/mol. The van der Waals surface area contributed by atoms with Crippen molar-refractivity contribution in [3.8, 4) is 5.75 Å². The summed E-state index contributed by atoms with van der Waals surface area (Å²) >= 11 is 5.68. The monoisotopic (exact) mass is 356 g/mol. The highest BCUT2D eigenvalue weighted by Gasteiger charge is 2.14. The maximum atomic E-state index is 12.1. The number of nitrogens with one attached hydrogen (secondary N) is 1. The zero-order chi connectivity index (χ0) is 17.6. The van der Waals surface area contributed by atoms with Crippen LogP contribution in [-0.4, -0.2) is 10.9 Å². The number of carbonyl (C=O) groups is 1. The summed E-state index contributed by atoms with van der Waals surface area (Å²) in [5, 5.41) is 3.05. The van der Waals surface area contributed by atoms with E-state index in [9.17, 15) is 4.79 Å². The smallest absolute Gasteiger partial charge is 0.287 e. The Hall–Kier alpha value is -2.79. The molecule has 0 aliphatic heterocycles. The number of amides is 1. The highest BCUT2D eigenvalue weighted by molar-refractivity contribution is 6.29. The first-order valence-electron chi connectivity index (χ1n) is 7.79. The van der Waals surface area contributed by atoms with E-state index in [2.05, 4.69) is 10.3 Å². The van der Waals surface area contributed by atoms with E-state index in [1.165, 1.54) is 6.07 Å². The summed E-state index contributed by atoms with van der Waals surface area (Å²) in [7, 11) is 0. The molecule has 1 N–H and O–H groups in total. The fourth-order valence-electron chi connectivity index (χ4n) is 2.29. The molecule has 1 atom stereocenters. The maximum absolute atomic E-state index is 12.1. The van der Waals surface area contributed by atoms with E-state index < -0.39 is 0 Å². The normalized spacial score (nSPS) is 11.8. The van der Waals surface area contributed by atoms with Crippen LogP contribution >= 0.6 is 11.6 Å². The van der Waals surface area contributed by atoms with Gasteiger partial charge in [0.05, 0.1) is 6.04 Å². The average molecular weight is 357 g/mol. The van der Waals surface area contributed by atoms with E-state index in [1.54, 1.807) is 18.5 Å². The van der Waals surface area contributed by atoms with Gasteiger partial charge in [-0.2, -0.15) is 0 Å². The quantitative estimate of drug-likeness (QED) is 0.711. The summed E-state index contributed by atoms with van der Waals surface area (Å²) in [6.07, 6.45) is 3.50. The number of aromatic nitrogens is 1. The molecule has 0 saturated carbocycles. The zero-order valence-corrected chi connectivity index (χ0v) is 14.4. The third-order valence-corrected chi connectivity index (χ3v) is 3.86. The summed E-state index contributed by atoms with van der Waals surface area (Å²) in [5.74, 6) is 0.633. The van der Waals surface area contributed by atoms with Crippen LogP contribution in [-0.2, 0) is 6.61 Å². The largest absolute Gasteiger partial charge is 0.489 e. The Labute approximate surface area is 150 Å². The van der Waals surface area contributed by atoms with Gasteiger partial charge in [0.25, 0.3) is 5.91 Å². The van der Waals surface area contributed by atoms with Crippen LogP contribution in [0.25, 0.3) is 0 Å². The van der Waals surface area contributed by atoms with Crippen molar-refractivity contribution in [3.63, 3.8) is 0 Å². The average Bonchev–Trinajstić information content (AvgIpc) is 3.08. The first-order valence-corrected chi connectivity index (χ1v) is 8.17. The van der Waals surface area contributed by atoms with E-state index in [4.69, 9.17) is 20.8 Å². The topological polar surface area (TPSA) is 64.4 Å². The number of benzene rings is 1. The van der Waals surface area contributed by atoms with Gasteiger partial charge in [-0.25, -0.2) is 0 Å². The Morgan fingerprint density at radius 3 is 2.68 bits per heavy atom. The molecule has 0 aliphatic carbocycles. The molecule has 0 spiro atoms. The second-order valence-electron chi connectivity index (χ2n) is 5.52. The van der Waals surface area contributed by atoms with Crippen molar-refractivity contribution in [2.24, 2.45) is 0 Å². The summed E-state index contributed by atoms with van der Waals surface area (Å²) in [6, 6.07) is 14.3. The Bertz CT molecular complexity index is 831. The van der Waals surface area contributed by atoms with E-state index in [0.717, 1.165) is 16.9 Å². The van der Waals surface area contributed by atoms with Crippen molar-refractivity contribution in [1.82, 2.24) is 10.3 Å². The highest BCUT2D eigenvalue weighted by atomic mass is 35.5. The summed E-state index contributed by atoms with van der Waals surface area (Å²) in [5.41, 5.74) is 1.96. The minimum atomic E-state index is -0.309. The number of halogens is 1. The van der Waals surface area contributed by atoms with Crippen molar-refractivity contribution in [1.29, 1.82) is 0 Å². The Balaban J connectivity index is 1.56. The van der Waals surface area contributed by atoms with Gasteiger partial charge in [-0.3, -0.25) is 9.78 Å². The van der Waals surface area contributed by atoms with Crippen molar-refractivity contribution in [2.45, 2.75) is 19.6 Å². The van der Waals surface area contributed by atoms with Crippen LogP contribution in [0.1, 0.15) is 34.6 Å². The summed E-state index contributed by atoms with van der Waals surface area (Å²) in [6.45, 7) is 2.35. The molecule has 0 aliphatic rings. The molecule has 0 bridgehead atoms. The standard InChI is InChI=1S/C19H17ClN2O3/c1-13(22-19(23)17-8-9-18(20)25-17)15-4-6-16(7-5-15)24-12-14-3-2-10-21-11-14/h2-11,13H,12H2,1H3,(H,22,23). The van der Waals surface area contributed by atoms with Crippen molar-refractivity contribution in [2.75, 3.05) is 0 Å². The molecular formula is C19H17ClN2O3. The number of rotatable bonds is 6. The minimum Gasteiger partial charge on any atom is -0.489 e. The first kappa shape index (κ1) is 17.0. The molecule has 25 heavy (non-hydrogen) atoms. The van der Waals surface area contributed by atoms with Crippen LogP contribution in [0.2, 0.25) is 5.22 Å². The molecule has 6 heteroatoms. The third-order valence-electron chi connectivity index (χ3n) is 3.65. The molecule has 1 amide bonds. The number of furan rings is 1. The SMILES string of the molecule is CC(NC(=O)c1ccc(Cl)o1)c1ccc(OCc2cccnc2)cc1. The second kappa shape index (κ2) is 7.85. The fourth-order valence-corrected chi connectivity index (χ4v) is 2.44. The Kier molecular flexibility index (Phi) is 5.36. The minimum absolute atomic E-state index is 0.177. The lowest BCUT2D eigenvalue weighted by molar-refractivity contribution is 0.0912. The van der Waals surface area contributed by atoms with Crippen molar-refractivity contribution >= 4 is 17.5 Å². The molecule has 128 valence electrons. The van der Waals surface area contributed by atoms with Gasteiger partial charge in [-0.15, -0.1) is 0 Å². The van der Waals surface area contributed by atoms with E-state index in [-0.39, 0.29) is 22.9 Å². The van der Waals surface area contributed by atoms with E-state index in [1.807, 2.05) is 43.3 Å². The number of carbonyl (C=O) groups excluding carboxylic acids is 1. The van der Waals surface area contributed by atoms with E-state index in [0.29, 0.717) is 6.61 Å². The van der Waals surface area contributed by atoms with Gasteiger partial charge < -0.3 is 14.5 Å². The summed E-state index contributed by atoms with van der Waals surface area (Å²) in [4.78, 5) is 16.1. The van der Waals surface area contributed by atoms with Gasteiger partial charge in [-0.1, -0.05) is 18.2 Å². The Morgan fingerprint density at radius 2 is 2.04 bits per heavy atom. The number of hydrogen-bond acceptors (Lipinski definition) is 4. The van der Waals surface area contributed by atoms with Crippen LogP contribution < -0.4 is 10.1 Å². The van der Waals surface area contributed by atoms with E-state index >= 15 is 0 Å². The predicted octanol–water partition coefficient (Wildman–Crippen LogP) is 4.40. The number of ether oxygens (including phenoxy) is 1.